The maximum absolute atomic E-state index is 10.1. The molecule has 0 fully saturated rings. The lowest BCUT2D eigenvalue weighted by atomic mass is 10.0. The highest BCUT2D eigenvalue weighted by molar-refractivity contribution is 5.49. The summed E-state index contributed by atoms with van der Waals surface area (Å²) in [6.45, 7) is 8.29. The van der Waals surface area contributed by atoms with Gasteiger partial charge in [0.05, 0.1) is 11.8 Å². The Labute approximate surface area is 171 Å². The molecule has 0 amide bonds. The Hall–Kier alpha value is -2.83. The molecule has 4 rings (SSSR count). The van der Waals surface area contributed by atoms with E-state index in [0.717, 1.165) is 22.7 Å². The molecule has 0 aliphatic carbocycles. The molecule has 0 radical (unpaired) electrons. The molecule has 0 saturated carbocycles. The van der Waals surface area contributed by atoms with E-state index >= 15 is 0 Å². The molecule has 1 N–H and O–H groups in total. The van der Waals surface area contributed by atoms with Crippen molar-refractivity contribution in [1.29, 1.82) is 0 Å². The van der Waals surface area contributed by atoms with Crippen LogP contribution in [0.1, 0.15) is 29.2 Å². The zero-order valence-electron chi connectivity index (χ0n) is 17.1. The summed E-state index contributed by atoms with van der Waals surface area (Å²) in [5, 5.41) is 14.5. The molecule has 1 aromatic heterocycles. The average molecular weight is 393 g/mol. The molecule has 0 spiro atoms. The molecule has 2 aromatic carbocycles. The molecular weight excluding hydrogens is 366 g/mol. The lowest BCUT2D eigenvalue weighted by Crippen LogP contribution is -2.30. The maximum Gasteiger partial charge on any atom is 0.231 e. The van der Waals surface area contributed by atoms with Gasteiger partial charge in [0, 0.05) is 32.0 Å². The molecule has 1 aliphatic heterocycles. The van der Waals surface area contributed by atoms with Crippen molar-refractivity contribution in [2.45, 2.75) is 40.0 Å². The Bertz CT molecular complexity index is 983. The number of aromatic nitrogens is 2. The van der Waals surface area contributed by atoms with E-state index in [1.54, 1.807) is 6.20 Å². The zero-order valence-corrected chi connectivity index (χ0v) is 17.1. The van der Waals surface area contributed by atoms with Gasteiger partial charge in [-0.3, -0.25) is 4.90 Å². The van der Waals surface area contributed by atoms with Crippen molar-refractivity contribution in [3.05, 3.63) is 71.0 Å². The standard InChI is InChI=1S/C23H27N3O3/c1-16-9-17(2)23(26-8-4-7-24-26)20(10-16)14-25(12-18(3)27)13-19-5-6-21-22(11-19)29-15-28-21/h4-11,18,27H,12-15H2,1-3H3/t18-/m0/s1. The first kappa shape index (κ1) is 19.5. The lowest BCUT2D eigenvalue weighted by Gasteiger charge is -2.26. The molecule has 0 saturated heterocycles. The molecule has 6 nitrogen and oxygen atoms in total. The van der Waals surface area contributed by atoms with Crippen molar-refractivity contribution >= 4 is 0 Å². The minimum absolute atomic E-state index is 0.270. The number of aliphatic hydroxyl groups excluding tert-OH is 1. The van der Waals surface area contributed by atoms with Gasteiger partial charge >= 0.3 is 0 Å². The van der Waals surface area contributed by atoms with Gasteiger partial charge in [0.1, 0.15) is 0 Å². The van der Waals surface area contributed by atoms with Crippen LogP contribution in [0.15, 0.2) is 48.8 Å². The first-order valence-electron chi connectivity index (χ1n) is 9.88. The number of aryl methyl sites for hydroxylation is 2. The van der Waals surface area contributed by atoms with Crippen LogP contribution in [0.5, 0.6) is 11.5 Å². The van der Waals surface area contributed by atoms with Crippen LogP contribution in [0.25, 0.3) is 5.69 Å². The fourth-order valence-electron chi connectivity index (χ4n) is 3.99. The molecule has 152 valence electrons. The Morgan fingerprint density at radius 3 is 2.72 bits per heavy atom. The monoisotopic (exact) mass is 393 g/mol. The Balaban J connectivity index is 1.63. The number of nitrogens with zero attached hydrogens (tertiary/aromatic N) is 3. The third-order valence-electron chi connectivity index (χ3n) is 5.02. The van der Waals surface area contributed by atoms with Gasteiger partial charge in [-0.2, -0.15) is 5.10 Å². The molecule has 1 atom stereocenters. The number of benzene rings is 2. The van der Waals surface area contributed by atoms with E-state index in [0.29, 0.717) is 19.6 Å². The summed E-state index contributed by atoms with van der Waals surface area (Å²) in [5.41, 5.74) is 5.81. The third-order valence-corrected chi connectivity index (χ3v) is 5.02. The summed E-state index contributed by atoms with van der Waals surface area (Å²) < 4.78 is 12.9. The Kier molecular flexibility index (Phi) is 5.56. The van der Waals surface area contributed by atoms with Crippen LogP contribution in [0, 0.1) is 13.8 Å². The second-order valence-corrected chi connectivity index (χ2v) is 7.75. The van der Waals surface area contributed by atoms with Gasteiger partial charge in [-0.25, -0.2) is 4.68 Å². The highest BCUT2D eigenvalue weighted by Gasteiger charge is 2.18. The van der Waals surface area contributed by atoms with Crippen LogP contribution in [0.4, 0.5) is 0 Å². The van der Waals surface area contributed by atoms with Crippen molar-refractivity contribution in [3.63, 3.8) is 0 Å². The Morgan fingerprint density at radius 1 is 1.14 bits per heavy atom. The van der Waals surface area contributed by atoms with Gasteiger partial charge in [-0.1, -0.05) is 23.8 Å². The summed E-state index contributed by atoms with van der Waals surface area (Å²) >= 11 is 0. The number of hydrogen-bond acceptors (Lipinski definition) is 5. The topological polar surface area (TPSA) is 59.8 Å². The minimum Gasteiger partial charge on any atom is -0.454 e. The summed E-state index contributed by atoms with van der Waals surface area (Å²) in [7, 11) is 0. The highest BCUT2D eigenvalue weighted by Crippen LogP contribution is 2.33. The fraction of sp³-hybridized carbons (Fsp3) is 0.348. The van der Waals surface area contributed by atoms with Crippen molar-refractivity contribution in [1.82, 2.24) is 14.7 Å². The highest BCUT2D eigenvalue weighted by atomic mass is 16.7. The van der Waals surface area contributed by atoms with E-state index in [1.807, 2.05) is 36.0 Å². The summed E-state index contributed by atoms with van der Waals surface area (Å²) in [4.78, 5) is 2.25. The van der Waals surface area contributed by atoms with E-state index < -0.39 is 6.10 Å². The van der Waals surface area contributed by atoms with E-state index in [-0.39, 0.29) is 6.79 Å². The smallest absolute Gasteiger partial charge is 0.231 e. The van der Waals surface area contributed by atoms with Crippen LogP contribution in [0.3, 0.4) is 0 Å². The molecule has 6 heteroatoms. The SMILES string of the molecule is Cc1cc(C)c(-n2cccn2)c(CN(Cc2ccc3c(c2)OCO3)C[C@H](C)O)c1. The summed E-state index contributed by atoms with van der Waals surface area (Å²) in [5.74, 6) is 1.56. The molecule has 1 aliphatic rings. The number of hydrogen-bond donors (Lipinski definition) is 1. The van der Waals surface area contributed by atoms with E-state index in [9.17, 15) is 5.11 Å². The maximum atomic E-state index is 10.1. The predicted octanol–water partition coefficient (Wildman–Crippen LogP) is 3.60. The third kappa shape index (κ3) is 4.44. The normalized spacial score (nSPS) is 13.8. The first-order valence-corrected chi connectivity index (χ1v) is 9.88. The molecule has 29 heavy (non-hydrogen) atoms. The molecule has 0 unspecified atom stereocenters. The molecular formula is C23H27N3O3. The largest absolute Gasteiger partial charge is 0.454 e. The first-order chi connectivity index (χ1) is 14.0. The van der Waals surface area contributed by atoms with Gasteiger partial charge in [0.15, 0.2) is 11.5 Å². The second-order valence-electron chi connectivity index (χ2n) is 7.75. The minimum atomic E-state index is -0.428. The number of aliphatic hydroxyl groups is 1. The van der Waals surface area contributed by atoms with Crippen LogP contribution >= 0.6 is 0 Å². The van der Waals surface area contributed by atoms with Gasteiger partial charge in [-0.05, 0) is 55.7 Å². The summed E-state index contributed by atoms with van der Waals surface area (Å²) in [6.07, 6.45) is 3.34. The van der Waals surface area contributed by atoms with Crippen molar-refractivity contribution in [2.24, 2.45) is 0 Å². The van der Waals surface area contributed by atoms with E-state index in [4.69, 9.17) is 9.47 Å². The van der Waals surface area contributed by atoms with Crippen LogP contribution < -0.4 is 9.47 Å². The Morgan fingerprint density at radius 2 is 1.97 bits per heavy atom. The number of ether oxygens (including phenoxy) is 2. The zero-order chi connectivity index (χ0) is 20.4. The lowest BCUT2D eigenvalue weighted by molar-refractivity contribution is 0.118. The van der Waals surface area contributed by atoms with E-state index in [1.165, 1.54) is 16.7 Å². The van der Waals surface area contributed by atoms with Crippen molar-refractivity contribution in [2.75, 3.05) is 13.3 Å². The summed E-state index contributed by atoms with van der Waals surface area (Å²) in [6, 6.07) is 12.3. The molecule has 3 aromatic rings. The van der Waals surface area contributed by atoms with E-state index in [2.05, 4.69) is 42.0 Å². The van der Waals surface area contributed by atoms with Gasteiger partial charge in [0.2, 0.25) is 6.79 Å². The van der Waals surface area contributed by atoms with Gasteiger partial charge < -0.3 is 14.6 Å². The average Bonchev–Trinajstić information content (AvgIpc) is 3.31. The quantitative estimate of drug-likeness (QED) is 0.665. The molecule has 0 bridgehead atoms. The predicted molar refractivity (Wildman–Crippen MR) is 111 cm³/mol. The van der Waals surface area contributed by atoms with Crippen LogP contribution in [0.2, 0.25) is 0 Å². The number of rotatable bonds is 7. The van der Waals surface area contributed by atoms with Crippen molar-refractivity contribution in [3.8, 4) is 17.2 Å². The second kappa shape index (κ2) is 8.27. The molecule has 2 heterocycles. The van der Waals surface area contributed by atoms with Crippen LogP contribution in [-0.4, -0.2) is 39.2 Å². The van der Waals surface area contributed by atoms with Gasteiger partial charge in [0.25, 0.3) is 0 Å². The fourth-order valence-corrected chi connectivity index (χ4v) is 3.99. The number of fused-ring (bicyclic) bond motifs is 1. The van der Waals surface area contributed by atoms with Crippen LogP contribution in [-0.2, 0) is 13.1 Å². The van der Waals surface area contributed by atoms with Gasteiger partial charge in [-0.15, -0.1) is 0 Å². The van der Waals surface area contributed by atoms with Crippen molar-refractivity contribution < 1.29 is 14.6 Å².